The van der Waals surface area contributed by atoms with E-state index < -0.39 is 0 Å². The maximum atomic E-state index is 6.18. The highest BCUT2D eigenvalue weighted by Gasteiger charge is 2.10. The summed E-state index contributed by atoms with van der Waals surface area (Å²) >= 11 is 17.8. The Bertz CT molecular complexity index is 447. The first-order chi connectivity index (χ1) is 9.08. The van der Waals surface area contributed by atoms with Crippen molar-refractivity contribution in [3.05, 3.63) is 38.8 Å². The van der Waals surface area contributed by atoms with Crippen LogP contribution in [0.3, 0.4) is 0 Å². The van der Waals surface area contributed by atoms with E-state index in [4.69, 9.17) is 39.5 Å². The van der Waals surface area contributed by atoms with Gasteiger partial charge >= 0.3 is 0 Å². The zero-order chi connectivity index (χ0) is 14.3. The molecule has 0 bridgehead atoms. The second kappa shape index (κ2) is 8.70. The summed E-state index contributed by atoms with van der Waals surface area (Å²) in [6.07, 6.45) is 1.07. The van der Waals surface area contributed by atoms with Crippen LogP contribution in [-0.4, -0.2) is 13.2 Å². The van der Waals surface area contributed by atoms with Gasteiger partial charge in [0.15, 0.2) is 0 Å². The number of rotatable bonds is 7. The van der Waals surface area contributed by atoms with Gasteiger partial charge in [0.05, 0.1) is 5.02 Å². The number of nitrogens with one attached hydrogen (secondary N) is 1. The van der Waals surface area contributed by atoms with Crippen LogP contribution in [-0.2, 0) is 6.54 Å². The van der Waals surface area contributed by atoms with Crippen LogP contribution < -0.4 is 10.1 Å². The molecule has 2 nitrogen and oxygen atoms in total. The van der Waals surface area contributed by atoms with Gasteiger partial charge in [0.2, 0.25) is 0 Å². The third kappa shape index (κ3) is 5.62. The zero-order valence-corrected chi connectivity index (χ0v) is 13.4. The molecule has 1 N–H and O–H groups in total. The van der Waals surface area contributed by atoms with Crippen molar-refractivity contribution in [3.8, 4) is 5.75 Å². The fourth-order valence-corrected chi connectivity index (χ4v) is 2.18. The lowest BCUT2D eigenvalue weighted by Crippen LogP contribution is -2.15. The lowest BCUT2D eigenvalue weighted by atomic mass is 10.2. The van der Waals surface area contributed by atoms with Crippen molar-refractivity contribution in [2.75, 3.05) is 13.2 Å². The van der Waals surface area contributed by atoms with Crippen LogP contribution in [0.15, 0.2) is 23.2 Å². The van der Waals surface area contributed by atoms with E-state index in [2.05, 4.69) is 12.2 Å². The second-order valence-electron chi connectivity index (χ2n) is 4.30. The molecule has 1 aromatic rings. The molecule has 1 rings (SSSR count). The topological polar surface area (TPSA) is 21.3 Å². The maximum absolute atomic E-state index is 6.18. The van der Waals surface area contributed by atoms with Crippen LogP contribution in [0.1, 0.15) is 25.8 Å². The van der Waals surface area contributed by atoms with E-state index in [1.54, 1.807) is 6.07 Å². The summed E-state index contributed by atoms with van der Waals surface area (Å²) in [6.45, 7) is 6.03. The maximum Gasteiger partial charge on any atom is 0.142 e. The lowest BCUT2D eigenvalue weighted by Gasteiger charge is -2.14. The van der Waals surface area contributed by atoms with E-state index in [0.29, 0.717) is 28.9 Å². The average molecular weight is 323 g/mol. The summed E-state index contributed by atoms with van der Waals surface area (Å²) in [5.41, 5.74) is 3.38. The Kier molecular flexibility index (Phi) is 7.62. The molecule has 0 atom stereocenters. The standard InChI is InChI=1S/C14H18Cl3NO/c1-3-4-18-8-11-5-12(16)6-13(17)14(11)19-9-10(2)7-15/h5-7,18H,3-4,8-9H2,1-2H3/b10-7+. The van der Waals surface area contributed by atoms with Crippen LogP contribution in [0, 0.1) is 0 Å². The predicted molar refractivity (Wildman–Crippen MR) is 83.6 cm³/mol. The zero-order valence-electron chi connectivity index (χ0n) is 11.1. The molecule has 0 spiro atoms. The van der Waals surface area contributed by atoms with Gasteiger partial charge in [-0.2, -0.15) is 0 Å². The van der Waals surface area contributed by atoms with Crippen LogP contribution in [0.2, 0.25) is 10.0 Å². The summed E-state index contributed by atoms with van der Waals surface area (Å²) < 4.78 is 5.72. The molecular formula is C14H18Cl3NO. The van der Waals surface area contributed by atoms with Gasteiger partial charge in [0.25, 0.3) is 0 Å². The van der Waals surface area contributed by atoms with E-state index in [1.165, 1.54) is 5.54 Å². The SMILES string of the molecule is CCCNCc1cc(Cl)cc(Cl)c1OC/C(C)=C/Cl. The number of ether oxygens (including phenoxy) is 1. The second-order valence-corrected chi connectivity index (χ2v) is 5.36. The Balaban J connectivity index is 2.86. The van der Waals surface area contributed by atoms with Crippen LogP contribution in [0.5, 0.6) is 5.75 Å². The molecule has 5 heteroatoms. The van der Waals surface area contributed by atoms with Crippen LogP contribution in [0.25, 0.3) is 0 Å². The molecule has 0 unspecified atom stereocenters. The average Bonchev–Trinajstić information content (AvgIpc) is 2.37. The van der Waals surface area contributed by atoms with Crippen molar-refractivity contribution < 1.29 is 4.74 Å². The van der Waals surface area contributed by atoms with Gasteiger partial charge in [-0.25, -0.2) is 0 Å². The summed E-state index contributed by atoms with van der Waals surface area (Å²) in [5.74, 6) is 0.660. The molecule has 0 radical (unpaired) electrons. The van der Waals surface area contributed by atoms with Gasteiger partial charge in [0.1, 0.15) is 12.4 Å². The van der Waals surface area contributed by atoms with E-state index in [9.17, 15) is 0 Å². The molecule has 0 aliphatic carbocycles. The van der Waals surface area contributed by atoms with Crippen LogP contribution >= 0.6 is 34.8 Å². The summed E-state index contributed by atoms with van der Waals surface area (Å²) in [5, 5.41) is 4.43. The van der Waals surface area contributed by atoms with Crippen molar-refractivity contribution >= 4 is 34.8 Å². The third-order valence-electron chi connectivity index (χ3n) is 2.46. The number of hydrogen-bond acceptors (Lipinski definition) is 2. The van der Waals surface area contributed by atoms with Gasteiger partial charge in [-0.15, -0.1) is 0 Å². The molecule has 0 aliphatic heterocycles. The van der Waals surface area contributed by atoms with Gasteiger partial charge < -0.3 is 10.1 Å². The molecule has 19 heavy (non-hydrogen) atoms. The van der Waals surface area contributed by atoms with Crippen molar-refractivity contribution in [2.24, 2.45) is 0 Å². The van der Waals surface area contributed by atoms with E-state index in [-0.39, 0.29) is 0 Å². The van der Waals surface area contributed by atoms with Crippen molar-refractivity contribution in [2.45, 2.75) is 26.8 Å². The Morgan fingerprint density at radius 2 is 2.11 bits per heavy atom. The normalized spacial score (nSPS) is 11.7. The largest absolute Gasteiger partial charge is 0.487 e. The summed E-state index contributed by atoms with van der Waals surface area (Å²) in [7, 11) is 0. The highest BCUT2D eigenvalue weighted by molar-refractivity contribution is 6.35. The fourth-order valence-electron chi connectivity index (χ4n) is 1.52. The molecule has 0 heterocycles. The molecule has 1 aromatic carbocycles. The summed E-state index contributed by atoms with van der Waals surface area (Å²) in [4.78, 5) is 0. The molecule has 0 amide bonds. The molecule has 0 fully saturated rings. The quantitative estimate of drug-likeness (QED) is 0.712. The fraction of sp³-hybridized carbons (Fsp3) is 0.429. The Morgan fingerprint density at radius 3 is 2.74 bits per heavy atom. The van der Waals surface area contributed by atoms with E-state index in [1.807, 2.05) is 13.0 Å². The number of benzene rings is 1. The molecule has 0 saturated heterocycles. The van der Waals surface area contributed by atoms with Crippen molar-refractivity contribution in [3.63, 3.8) is 0 Å². The van der Waals surface area contributed by atoms with Gasteiger partial charge in [0, 0.05) is 22.7 Å². The molecule has 106 valence electrons. The highest BCUT2D eigenvalue weighted by Crippen LogP contribution is 2.32. The number of halogens is 3. The minimum absolute atomic E-state index is 0.408. The first-order valence-corrected chi connectivity index (χ1v) is 7.35. The van der Waals surface area contributed by atoms with Crippen LogP contribution in [0.4, 0.5) is 0 Å². The van der Waals surface area contributed by atoms with E-state index in [0.717, 1.165) is 24.1 Å². The smallest absolute Gasteiger partial charge is 0.142 e. The third-order valence-corrected chi connectivity index (χ3v) is 3.33. The van der Waals surface area contributed by atoms with Gasteiger partial charge in [-0.05, 0) is 37.6 Å². The first-order valence-electron chi connectivity index (χ1n) is 6.15. The van der Waals surface area contributed by atoms with Crippen molar-refractivity contribution in [1.29, 1.82) is 0 Å². The highest BCUT2D eigenvalue weighted by atomic mass is 35.5. The molecule has 0 aromatic heterocycles. The lowest BCUT2D eigenvalue weighted by molar-refractivity contribution is 0.347. The minimum Gasteiger partial charge on any atom is -0.487 e. The monoisotopic (exact) mass is 321 g/mol. The first kappa shape index (κ1) is 16.6. The molecule has 0 aliphatic rings. The number of hydrogen-bond donors (Lipinski definition) is 1. The van der Waals surface area contributed by atoms with Gasteiger partial charge in [-0.3, -0.25) is 0 Å². The Hall–Kier alpha value is -0.410. The Labute approximate surface area is 129 Å². The molecular weight excluding hydrogens is 305 g/mol. The Morgan fingerprint density at radius 1 is 1.37 bits per heavy atom. The summed E-state index contributed by atoms with van der Waals surface area (Å²) in [6, 6.07) is 3.55. The van der Waals surface area contributed by atoms with Gasteiger partial charge in [-0.1, -0.05) is 41.7 Å². The van der Waals surface area contributed by atoms with E-state index >= 15 is 0 Å². The van der Waals surface area contributed by atoms with Crippen molar-refractivity contribution in [1.82, 2.24) is 5.32 Å². The minimum atomic E-state index is 0.408. The molecule has 0 saturated carbocycles. The predicted octanol–water partition coefficient (Wildman–Crippen LogP) is 5.01.